The fourth-order valence-electron chi connectivity index (χ4n) is 1.32. The van der Waals surface area contributed by atoms with E-state index in [2.05, 4.69) is 21.2 Å². The molecular formula is C11H13BrClF3N2O. The number of amides is 1. The van der Waals surface area contributed by atoms with E-state index in [0.29, 0.717) is 0 Å². The maximum absolute atomic E-state index is 12.6. The van der Waals surface area contributed by atoms with Crippen LogP contribution < -0.4 is 11.1 Å². The van der Waals surface area contributed by atoms with Crippen LogP contribution in [0.15, 0.2) is 22.7 Å². The molecule has 0 bridgehead atoms. The van der Waals surface area contributed by atoms with E-state index in [0.717, 1.165) is 6.07 Å². The van der Waals surface area contributed by atoms with Crippen molar-refractivity contribution in [3.05, 3.63) is 28.2 Å². The Balaban J connectivity index is 0.00000324. The number of rotatable bonds is 3. The summed E-state index contributed by atoms with van der Waals surface area (Å²) in [5, 5.41) is 2.37. The van der Waals surface area contributed by atoms with Gasteiger partial charge in [0.15, 0.2) is 0 Å². The fourth-order valence-corrected chi connectivity index (χ4v) is 1.80. The van der Waals surface area contributed by atoms with E-state index in [1.54, 1.807) is 6.92 Å². The van der Waals surface area contributed by atoms with Crippen LogP contribution in [0.25, 0.3) is 0 Å². The summed E-state index contributed by atoms with van der Waals surface area (Å²) in [5.74, 6) is -0.416. The molecule has 19 heavy (non-hydrogen) atoms. The minimum absolute atomic E-state index is 0. The second kappa shape index (κ2) is 7.12. The molecule has 0 saturated carbocycles. The molecule has 0 heterocycles. The topological polar surface area (TPSA) is 55.1 Å². The van der Waals surface area contributed by atoms with E-state index in [-0.39, 0.29) is 35.0 Å². The Morgan fingerprint density at radius 1 is 1.47 bits per heavy atom. The molecule has 0 aliphatic rings. The predicted octanol–water partition coefficient (Wildman–Crippen LogP) is 3.57. The maximum atomic E-state index is 12.6. The minimum atomic E-state index is -4.47. The number of hydrogen-bond donors (Lipinski definition) is 2. The van der Waals surface area contributed by atoms with Crippen LogP contribution in [-0.2, 0) is 11.0 Å². The van der Waals surface area contributed by atoms with Crippen LogP contribution in [-0.4, -0.2) is 11.9 Å². The van der Waals surface area contributed by atoms with Crippen molar-refractivity contribution in [3.63, 3.8) is 0 Å². The molecule has 1 atom stereocenters. The van der Waals surface area contributed by atoms with Crippen LogP contribution in [0, 0.1) is 0 Å². The van der Waals surface area contributed by atoms with Crippen LogP contribution in [0.1, 0.15) is 18.9 Å². The fraction of sp³-hybridized carbons (Fsp3) is 0.364. The van der Waals surface area contributed by atoms with Gasteiger partial charge in [0.2, 0.25) is 5.91 Å². The summed E-state index contributed by atoms with van der Waals surface area (Å²) in [6, 6.07) is 3.16. The quantitative estimate of drug-likeness (QED) is 0.865. The zero-order valence-electron chi connectivity index (χ0n) is 9.92. The van der Waals surface area contributed by atoms with E-state index < -0.39 is 17.6 Å². The first-order chi connectivity index (χ1) is 8.20. The lowest BCUT2D eigenvalue weighted by molar-refractivity contribution is -0.138. The summed E-state index contributed by atoms with van der Waals surface area (Å²) >= 11 is 2.82. The van der Waals surface area contributed by atoms with Crippen LogP contribution in [0.4, 0.5) is 18.9 Å². The molecule has 1 aromatic carbocycles. The van der Waals surface area contributed by atoms with E-state index in [1.807, 2.05) is 0 Å². The lowest BCUT2D eigenvalue weighted by Crippen LogP contribution is -2.24. The number of nitrogens with two attached hydrogens (primary N) is 1. The molecule has 0 saturated heterocycles. The number of carbonyl (C=O) groups is 1. The summed E-state index contributed by atoms with van der Waals surface area (Å²) < 4.78 is 37.8. The Kier molecular flexibility index (Phi) is 6.82. The second-order valence-electron chi connectivity index (χ2n) is 3.92. The number of carbonyl (C=O) groups excluding carboxylic acids is 1. The highest BCUT2D eigenvalue weighted by molar-refractivity contribution is 9.10. The Morgan fingerprint density at radius 2 is 2.05 bits per heavy atom. The highest BCUT2D eigenvalue weighted by Gasteiger charge is 2.33. The molecule has 3 nitrogen and oxygen atoms in total. The van der Waals surface area contributed by atoms with Crippen molar-refractivity contribution in [2.75, 3.05) is 5.32 Å². The largest absolute Gasteiger partial charge is 0.417 e. The standard InChI is InChI=1S/C11H12BrF3N2O.ClH/c1-6(16)4-10(18)17-7-2-3-9(12)8(5-7)11(13,14)15;/h2-3,5-6H,4,16H2,1H3,(H,17,18);1H. The van der Waals surface area contributed by atoms with Gasteiger partial charge in [0.1, 0.15) is 0 Å². The van der Waals surface area contributed by atoms with Gasteiger partial charge >= 0.3 is 6.18 Å². The Morgan fingerprint density at radius 3 is 2.53 bits per heavy atom. The lowest BCUT2D eigenvalue weighted by Gasteiger charge is -2.12. The van der Waals surface area contributed by atoms with Gasteiger partial charge in [0, 0.05) is 22.6 Å². The number of benzene rings is 1. The van der Waals surface area contributed by atoms with Gasteiger partial charge in [-0.05, 0) is 25.1 Å². The number of halogens is 5. The van der Waals surface area contributed by atoms with Gasteiger partial charge in [-0.25, -0.2) is 0 Å². The SMILES string of the molecule is CC(N)CC(=O)Nc1ccc(Br)c(C(F)(F)F)c1.Cl. The molecule has 1 rings (SSSR count). The number of nitrogens with one attached hydrogen (secondary N) is 1. The number of hydrogen-bond acceptors (Lipinski definition) is 2. The molecule has 0 radical (unpaired) electrons. The first-order valence-electron chi connectivity index (χ1n) is 5.12. The normalized spacial score (nSPS) is 12.5. The molecule has 0 aliphatic carbocycles. The Bertz CT molecular complexity index is 452. The molecule has 3 N–H and O–H groups in total. The molecule has 8 heteroatoms. The number of alkyl halides is 3. The molecular weight excluding hydrogens is 348 g/mol. The number of anilines is 1. The van der Waals surface area contributed by atoms with Gasteiger partial charge in [0.05, 0.1) is 5.56 Å². The van der Waals surface area contributed by atoms with E-state index >= 15 is 0 Å². The lowest BCUT2D eigenvalue weighted by atomic mass is 10.2. The van der Waals surface area contributed by atoms with E-state index in [4.69, 9.17) is 5.73 Å². The van der Waals surface area contributed by atoms with Gasteiger partial charge in [-0.2, -0.15) is 13.2 Å². The third-order valence-corrected chi connectivity index (χ3v) is 2.75. The van der Waals surface area contributed by atoms with Crippen LogP contribution in [0.3, 0.4) is 0 Å². The van der Waals surface area contributed by atoms with Crippen LogP contribution >= 0.6 is 28.3 Å². The molecule has 1 aromatic rings. The van der Waals surface area contributed by atoms with Crippen molar-refractivity contribution in [2.45, 2.75) is 25.6 Å². The molecule has 1 amide bonds. The van der Waals surface area contributed by atoms with Crippen molar-refractivity contribution in [2.24, 2.45) is 5.73 Å². The third-order valence-electron chi connectivity index (χ3n) is 2.06. The van der Waals surface area contributed by atoms with E-state index in [1.165, 1.54) is 12.1 Å². The van der Waals surface area contributed by atoms with Gasteiger partial charge in [-0.3, -0.25) is 4.79 Å². The average molecular weight is 362 g/mol. The van der Waals surface area contributed by atoms with Crippen molar-refractivity contribution >= 4 is 39.9 Å². The molecule has 108 valence electrons. The van der Waals surface area contributed by atoms with Crippen molar-refractivity contribution in [1.82, 2.24) is 0 Å². The van der Waals surface area contributed by atoms with Crippen LogP contribution in [0.5, 0.6) is 0 Å². The highest BCUT2D eigenvalue weighted by atomic mass is 79.9. The predicted molar refractivity (Wildman–Crippen MR) is 73.3 cm³/mol. The summed E-state index contributed by atoms with van der Waals surface area (Å²) in [4.78, 5) is 11.4. The van der Waals surface area contributed by atoms with E-state index in [9.17, 15) is 18.0 Å². The maximum Gasteiger partial charge on any atom is 0.417 e. The van der Waals surface area contributed by atoms with Crippen molar-refractivity contribution in [1.29, 1.82) is 0 Å². The summed E-state index contributed by atoms with van der Waals surface area (Å²) in [6.07, 6.45) is -4.42. The van der Waals surface area contributed by atoms with Gasteiger partial charge in [0.25, 0.3) is 0 Å². The smallest absolute Gasteiger partial charge is 0.327 e. The summed E-state index contributed by atoms with van der Waals surface area (Å²) in [5.41, 5.74) is 4.68. The molecule has 0 aliphatic heterocycles. The van der Waals surface area contributed by atoms with Gasteiger partial charge < -0.3 is 11.1 Å². The van der Waals surface area contributed by atoms with Crippen molar-refractivity contribution < 1.29 is 18.0 Å². The first kappa shape index (κ1) is 18.2. The second-order valence-corrected chi connectivity index (χ2v) is 4.78. The Hall–Kier alpha value is -0.790. The molecule has 0 fully saturated rings. The minimum Gasteiger partial charge on any atom is -0.327 e. The third kappa shape index (κ3) is 5.80. The highest BCUT2D eigenvalue weighted by Crippen LogP contribution is 2.36. The first-order valence-corrected chi connectivity index (χ1v) is 5.91. The molecule has 1 unspecified atom stereocenters. The zero-order chi connectivity index (χ0) is 13.9. The average Bonchev–Trinajstić information content (AvgIpc) is 2.17. The Labute approximate surface area is 123 Å². The van der Waals surface area contributed by atoms with Gasteiger partial charge in [-0.1, -0.05) is 15.9 Å². The van der Waals surface area contributed by atoms with Crippen molar-refractivity contribution in [3.8, 4) is 0 Å². The van der Waals surface area contributed by atoms with Gasteiger partial charge in [-0.15, -0.1) is 12.4 Å². The summed E-state index contributed by atoms with van der Waals surface area (Å²) in [7, 11) is 0. The monoisotopic (exact) mass is 360 g/mol. The molecule has 0 spiro atoms. The summed E-state index contributed by atoms with van der Waals surface area (Å²) in [6.45, 7) is 1.64. The zero-order valence-corrected chi connectivity index (χ0v) is 12.3. The van der Waals surface area contributed by atoms with Crippen LogP contribution in [0.2, 0.25) is 0 Å². The molecule has 0 aromatic heterocycles.